The van der Waals surface area contributed by atoms with Crippen LogP contribution in [0.25, 0.3) is 33.5 Å². The number of nitriles is 1. The molecule has 0 unspecified atom stereocenters. The van der Waals surface area contributed by atoms with E-state index < -0.39 is 11.5 Å². The van der Waals surface area contributed by atoms with Gasteiger partial charge in [-0.15, -0.1) is 0 Å². The van der Waals surface area contributed by atoms with Gasteiger partial charge in [0.05, 0.1) is 17.5 Å². The summed E-state index contributed by atoms with van der Waals surface area (Å²) in [4.78, 5) is 12.6. The van der Waals surface area contributed by atoms with Crippen molar-refractivity contribution in [2.75, 3.05) is 0 Å². The molecule has 132 valence electrons. The molecule has 5 nitrogen and oxygen atoms in total. The van der Waals surface area contributed by atoms with E-state index >= 15 is 0 Å². The maximum atomic E-state index is 13.7. The largest absolute Gasteiger partial charge is 0.307 e. The molecule has 0 saturated carbocycles. The topological polar surface area (TPSA) is 67.4 Å². The first-order valence-corrected chi connectivity index (χ1v) is 8.46. The van der Waals surface area contributed by atoms with E-state index in [4.69, 9.17) is 0 Å². The lowest BCUT2D eigenvalue weighted by Crippen LogP contribution is -2.25. The SMILES string of the molecule is CC(C)(C#N)n1c(-c2ccnc(F)c2)cc2cc(-c3ccccn3)cnc21. The number of aromatic nitrogens is 4. The Balaban J connectivity index is 1.99. The van der Waals surface area contributed by atoms with Crippen molar-refractivity contribution in [3.63, 3.8) is 0 Å². The third-order valence-electron chi connectivity index (χ3n) is 4.46. The second-order valence-electron chi connectivity index (χ2n) is 6.75. The van der Waals surface area contributed by atoms with Crippen molar-refractivity contribution in [1.29, 1.82) is 5.26 Å². The normalized spacial score (nSPS) is 11.5. The first kappa shape index (κ1) is 16.9. The molecule has 4 aromatic rings. The van der Waals surface area contributed by atoms with Gasteiger partial charge in [-0.3, -0.25) is 4.98 Å². The standard InChI is InChI=1S/C21H16FN5/c1-21(2,13-23)27-18(14-6-8-25-19(22)11-14)10-15-9-16(12-26-20(15)27)17-5-3-4-7-24-17/h3-12H,1-2H3. The van der Waals surface area contributed by atoms with Gasteiger partial charge in [0.1, 0.15) is 11.2 Å². The molecule has 6 heteroatoms. The van der Waals surface area contributed by atoms with E-state index in [9.17, 15) is 9.65 Å². The molecule has 0 aliphatic carbocycles. The number of pyridine rings is 3. The Labute approximate surface area is 155 Å². The van der Waals surface area contributed by atoms with Gasteiger partial charge in [0.2, 0.25) is 5.95 Å². The van der Waals surface area contributed by atoms with Crippen LogP contribution in [0.5, 0.6) is 0 Å². The van der Waals surface area contributed by atoms with E-state index in [1.807, 2.05) is 48.7 Å². The lowest BCUT2D eigenvalue weighted by atomic mass is 10.1. The Morgan fingerprint density at radius 1 is 1.00 bits per heavy atom. The summed E-state index contributed by atoms with van der Waals surface area (Å²) < 4.78 is 15.5. The van der Waals surface area contributed by atoms with Gasteiger partial charge in [-0.1, -0.05) is 6.07 Å². The summed E-state index contributed by atoms with van der Waals surface area (Å²) in [6.45, 7) is 3.61. The fraction of sp³-hybridized carbons (Fsp3) is 0.143. The Morgan fingerprint density at radius 3 is 2.56 bits per heavy atom. The van der Waals surface area contributed by atoms with Crippen molar-refractivity contribution in [2.24, 2.45) is 0 Å². The zero-order chi connectivity index (χ0) is 19.0. The van der Waals surface area contributed by atoms with Crippen molar-refractivity contribution >= 4 is 11.0 Å². The van der Waals surface area contributed by atoms with Crippen LogP contribution >= 0.6 is 0 Å². The fourth-order valence-electron chi connectivity index (χ4n) is 3.16. The molecule has 4 heterocycles. The highest BCUT2D eigenvalue weighted by atomic mass is 19.1. The van der Waals surface area contributed by atoms with Crippen molar-refractivity contribution in [3.05, 3.63) is 67.0 Å². The molecule has 0 fully saturated rings. The molecule has 0 N–H and O–H groups in total. The van der Waals surface area contributed by atoms with E-state index in [1.54, 1.807) is 18.5 Å². The maximum absolute atomic E-state index is 13.7. The van der Waals surface area contributed by atoms with E-state index in [-0.39, 0.29) is 0 Å². The molecule has 4 aromatic heterocycles. The van der Waals surface area contributed by atoms with E-state index in [2.05, 4.69) is 21.0 Å². The van der Waals surface area contributed by atoms with Crippen LogP contribution in [0.2, 0.25) is 0 Å². The summed E-state index contributed by atoms with van der Waals surface area (Å²) in [6.07, 6.45) is 4.89. The monoisotopic (exact) mass is 357 g/mol. The number of nitrogens with zero attached hydrogens (tertiary/aromatic N) is 5. The molecule has 0 atom stereocenters. The van der Waals surface area contributed by atoms with Crippen LogP contribution < -0.4 is 0 Å². The lowest BCUT2D eigenvalue weighted by Gasteiger charge is -2.22. The quantitative estimate of drug-likeness (QED) is 0.504. The predicted molar refractivity (Wildman–Crippen MR) is 101 cm³/mol. The molecule has 4 rings (SSSR count). The maximum Gasteiger partial charge on any atom is 0.213 e. The Hall–Kier alpha value is -3.59. The van der Waals surface area contributed by atoms with Gasteiger partial charge in [-0.25, -0.2) is 9.97 Å². The first-order chi connectivity index (χ1) is 13.0. The van der Waals surface area contributed by atoms with Crippen molar-refractivity contribution in [2.45, 2.75) is 19.4 Å². The van der Waals surface area contributed by atoms with Gasteiger partial charge in [0, 0.05) is 41.2 Å². The fourth-order valence-corrected chi connectivity index (χ4v) is 3.16. The van der Waals surface area contributed by atoms with Gasteiger partial charge in [-0.05, 0) is 44.2 Å². The minimum Gasteiger partial charge on any atom is -0.307 e. The molecule has 0 bridgehead atoms. The van der Waals surface area contributed by atoms with E-state index in [0.29, 0.717) is 16.9 Å². The minimum atomic E-state index is -0.865. The summed E-state index contributed by atoms with van der Waals surface area (Å²) in [5, 5.41) is 10.5. The molecule has 0 aliphatic heterocycles. The second kappa shape index (κ2) is 6.29. The smallest absolute Gasteiger partial charge is 0.213 e. The first-order valence-electron chi connectivity index (χ1n) is 8.46. The van der Waals surface area contributed by atoms with Gasteiger partial charge in [-0.2, -0.15) is 9.65 Å². The zero-order valence-corrected chi connectivity index (χ0v) is 14.9. The highest BCUT2D eigenvalue weighted by molar-refractivity contribution is 5.87. The van der Waals surface area contributed by atoms with Crippen LogP contribution in [0.3, 0.4) is 0 Å². The van der Waals surface area contributed by atoms with Crippen LogP contribution in [-0.4, -0.2) is 19.5 Å². The number of hydrogen-bond donors (Lipinski definition) is 0. The molecule has 0 saturated heterocycles. The molecule has 0 amide bonds. The Morgan fingerprint density at radius 2 is 1.85 bits per heavy atom. The molecular formula is C21H16FN5. The summed E-state index contributed by atoms with van der Waals surface area (Å²) in [6, 6.07) is 15.0. The van der Waals surface area contributed by atoms with Crippen LogP contribution in [-0.2, 0) is 5.54 Å². The average molecular weight is 357 g/mol. The van der Waals surface area contributed by atoms with Gasteiger partial charge in [0.25, 0.3) is 0 Å². The minimum absolute atomic E-state index is 0.568. The number of rotatable bonds is 3. The van der Waals surface area contributed by atoms with Crippen molar-refractivity contribution in [3.8, 4) is 28.6 Å². The lowest BCUT2D eigenvalue weighted by molar-refractivity contribution is 0.486. The number of fused-ring (bicyclic) bond motifs is 1. The highest BCUT2D eigenvalue weighted by Crippen LogP contribution is 2.34. The summed E-state index contributed by atoms with van der Waals surface area (Å²) in [7, 11) is 0. The third-order valence-corrected chi connectivity index (χ3v) is 4.46. The van der Waals surface area contributed by atoms with Gasteiger partial charge < -0.3 is 4.57 Å². The third kappa shape index (κ3) is 2.93. The summed E-state index contributed by atoms with van der Waals surface area (Å²) in [5.41, 5.74) is 2.84. The average Bonchev–Trinajstić information content (AvgIpc) is 3.08. The molecule has 0 radical (unpaired) electrons. The number of hydrogen-bond acceptors (Lipinski definition) is 4. The second-order valence-corrected chi connectivity index (χ2v) is 6.75. The Kier molecular flexibility index (Phi) is 3.93. The van der Waals surface area contributed by atoms with Crippen LogP contribution in [0, 0.1) is 17.3 Å². The molecular weight excluding hydrogens is 341 g/mol. The summed E-state index contributed by atoms with van der Waals surface area (Å²) in [5.74, 6) is -0.568. The van der Waals surface area contributed by atoms with Crippen molar-refractivity contribution < 1.29 is 4.39 Å². The molecule has 0 aliphatic rings. The van der Waals surface area contributed by atoms with Crippen LogP contribution in [0.4, 0.5) is 4.39 Å². The van der Waals surface area contributed by atoms with Crippen LogP contribution in [0.1, 0.15) is 13.8 Å². The van der Waals surface area contributed by atoms with E-state index in [1.165, 1.54) is 12.3 Å². The molecule has 0 aromatic carbocycles. The van der Waals surface area contributed by atoms with Crippen molar-refractivity contribution in [1.82, 2.24) is 19.5 Å². The Bertz CT molecular complexity index is 1170. The zero-order valence-electron chi connectivity index (χ0n) is 14.9. The summed E-state index contributed by atoms with van der Waals surface area (Å²) >= 11 is 0. The van der Waals surface area contributed by atoms with Gasteiger partial charge in [0.15, 0.2) is 0 Å². The highest BCUT2D eigenvalue weighted by Gasteiger charge is 2.26. The van der Waals surface area contributed by atoms with E-state index in [0.717, 1.165) is 16.6 Å². The predicted octanol–water partition coefficient (Wildman–Crippen LogP) is 4.56. The van der Waals surface area contributed by atoms with Crippen LogP contribution in [0.15, 0.2) is 61.1 Å². The number of halogens is 1. The molecule has 0 spiro atoms. The molecule has 27 heavy (non-hydrogen) atoms. The van der Waals surface area contributed by atoms with Gasteiger partial charge >= 0.3 is 0 Å².